The van der Waals surface area contributed by atoms with Crippen molar-refractivity contribution in [2.45, 2.75) is 64.6 Å². The van der Waals surface area contributed by atoms with Gasteiger partial charge in [-0.05, 0) is 25.7 Å². The Bertz CT molecular complexity index is 429. The van der Waals surface area contributed by atoms with E-state index in [1.54, 1.807) is 0 Å². The molecule has 5 unspecified atom stereocenters. The Morgan fingerprint density at radius 1 is 0.960 bits per heavy atom. The lowest BCUT2D eigenvalue weighted by molar-refractivity contribution is 0.226. The zero-order valence-electron chi connectivity index (χ0n) is 15.6. The monoisotopic (exact) mass is 400 g/mol. The van der Waals surface area contributed by atoms with Crippen LogP contribution >= 0.6 is 26.9 Å². The molecule has 0 aromatic heterocycles. The van der Waals surface area contributed by atoms with Gasteiger partial charge in [-0.2, -0.15) is 0 Å². The summed E-state index contributed by atoms with van der Waals surface area (Å²) in [6, 6.07) is 0. The van der Waals surface area contributed by atoms with Gasteiger partial charge >= 0.3 is 0 Å². The average Bonchev–Trinajstić information content (AvgIpc) is 2.64. The molecule has 0 saturated heterocycles. The quantitative estimate of drug-likeness (QED) is 0.216. The highest BCUT2D eigenvalue weighted by atomic mass is 32.0. The SMILES string of the molecule is CCCCC(C/C=C/C=C/C=C\C/C=C\C=C\C(CC)OPP)OP. The van der Waals surface area contributed by atoms with E-state index in [0.717, 1.165) is 25.7 Å². The Balaban J connectivity index is 3.89. The van der Waals surface area contributed by atoms with Crippen LogP contribution in [0.3, 0.4) is 0 Å². The van der Waals surface area contributed by atoms with Crippen molar-refractivity contribution in [3.05, 3.63) is 60.8 Å². The van der Waals surface area contributed by atoms with E-state index in [0.29, 0.717) is 14.6 Å². The number of hydrogen-bond donors (Lipinski definition) is 0. The Kier molecular flexibility index (Phi) is 20.2. The predicted octanol–water partition coefficient (Wildman–Crippen LogP) is 7.09. The third kappa shape index (κ3) is 17.1. The van der Waals surface area contributed by atoms with E-state index in [2.05, 4.69) is 93.0 Å². The number of allylic oxidation sites excluding steroid dienone is 8. The van der Waals surface area contributed by atoms with Gasteiger partial charge in [0, 0.05) is 18.0 Å². The third-order valence-corrected chi connectivity index (χ3v) is 4.78. The average molecular weight is 400 g/mol. The molecule has 0 bridgehead atoms. The number of unbranched alkanes of at least 4 members (excludes halogenated alkanes) is 1. The maximum absolute atomic E-state index is 5.56. The lowest BCUT2D eigenvalue weighted by atomic mass is 10.1. The van der Waals surface area contributed by atoms with Crippen LogP contribution in [0.1, 0.15) is 52.4 Å². The molecule has 0 fully saturated rings. The van der Waals surface area contributed by atoms with E-state index >= 15 is 0 Å². The molecule has 5 atom stereocenters. The molecule has 0 N–H and O–H groups in total. The lowest BCUT2D eigenvalue weighted by Crippen LogP contribution is -2.05. The van der Waals surface area contributed by atoms with Gasteiger partial charge in [-0.15, -0.1) is 0 Å². The van der Waals surface area contributed by atoms with Crippen molar-refractivity contribution in [3.8, 4) is 0 Å². The molecular weight excluding hydrogens is 365 g/mol. The molecular formula is C20H35O2P3. The summed E-state index contributed by atoms with van der Waals surface area (Å²) in [5.74, 6) is 0. The smallest absolute Gasteiger partial charge is 0.0799 e. The Morgan fingerprint density at radius 2 is 1.64 bits per heavy atom. The summed E-state index contributed by atoms with van der Waals surface area (Å²) in [6.07, 6.45) is 28.0. The highest BCUT2D eigenvalue weighted by Crippen LogP contribution is 2.25. The summed E-state index contributed by atoms with van der Waals surface area (Å²) in [4.78, 5) is 0. The first-order valence-electron chi connectivity index (χ1n) is 9.06. The van der Waals surface area contributed by atoms with Gasteiger partial charge in [0.25, 0.3) is 0 Å². The van der Waals surface area contributed by atoms with Gasteiger partial charge in [-0.3, -0.25) is 0 Å². The minimum Gasteiger partial charge on any atom is -0.362 e. The summed E-state index contributed by atoms with van der Waals surface area (Å²) < 4.78 is 10.9. The van der Waals surface area contributed by atoms with Crippen LogP contribution in [0.4, 0.5) is 0 Å². The largest absolute Gasteiger partial charge is 0.362 e. The summed E-state index contributed by atoms with van der Waals surface area (Å²) in [5, 5.41) is 0. The van der Waals surface area contributed by atoms with Gasteiger partial charge in [0.1, 0.15) is 0 Å². The molecule has 0 aromatic carbocycles. The molecule has 5 heteroatoms. The Labute approximate surface area is 161 Å². The number of rotatable bonds is 15. The molecule has 0 amide bonds. The standard InChI is InChI=1S/C20H35O2P3/c1-3-5-16-20(21-23)18-15-13-11-9-7-6-8-10-12-14-17-19(4-2)22-25-24/h6-7,9-15,17,19-20,25H,3-5,8,16,18,23-24H2,1-2H3/b7-6-,11-9+,12-10-,15-13+,17-14+. The van der Waals surface area contributed by atoms with Gasteiger partial charge < -0.3 is 9.05 Å². The molecule has 2 nitrogen and oxygen atoms in total. The summed E-state index contributed by atoms with van der Waals surface area (Å²) >= 11 is 0. The van der Waals surface area contributed by atoms with Gasteiger partial charge in [0.2, 0.25) is 0 Å². The highest BCUT2D eigenvalue weighted by molar-refractivity contribution is 8.00. The van der Waals surface area contributed by atoms with Crippen LogP contribution in [0, 0.1) is 0 Å². The summed E-state index contributed by atoms with van der Waals surface area (Å²) in [6.45, 7) is 4.34. The van der Waals surface area contributed by atoms with E-state index in [9.17, 15) is 0 Å². The molecule has 0 spiro atoms. The Morgan fingerprint density at radius 3 is 2.24 bits per heavy atom. The van der Waals surface area contributed by atoms with Crippen molar-refractivity contribution in [3.63, 3.8) is 0 Å². The van der Waals surface area contributed by atoms with Crippen molar-refractivity contribution in [1.82, 2.24) is 0 Å². The highest BCUT2D eigenvalue weighted by Gasteiger charge is 2.03. The van der Waals surface area contributed by atoms with Crippen LogP contribution in [-0.4, -0.2) is 12.2 Å². The first-order valence-corrected chi connectivity index (χ1v) is 12.3. The lowest BCUT2D eigenvalue weighted by Gasteiger charge is -2.11. The summed E-state index contributed by atoms with van der Waals surface area (Å²) in [5.41, 5.74) is 0. The van der Waals surface area contributed by atoms with Gasteiger partial charge in [-0.1, -0.05) is 96.4 Å². The minimum absolute atomic E-state index is 0.226. The molecule has 25 heavy (non-hydrogen) atoms. The molecule has 0 rings (SSSR count). The molecule has 0 saturated carbocycles. The van der Waals surface area contributed by atoms with E-state index in [1.165, 1.54) is 12.8 Å². The molecule has 142 valence electrons. The van der Waals surface area contributed by atoms with E-state index in [-0.39, 0.29) is 6.10 Å². The maximum atomic E-state index is 5.56. The van der Waals surface area contributed by atoms with Crippen LogP contribution in [0.25, 0.3) is 0 Å². The van der Waals surface area contributed by atoms with E-state index in [4.69, 9.17) is 9.05 Å². The Hall–Kier alpha value is -0.0900. The molecule has 0 aliphatic carbocycles. The van der Waals surface area contributed by atoms with Crippen LogP contribution in [0.5, 0.6) is 0 Å². The second kappa shape index (κ2) is 20.2. The topological polar surface area (TPSA) is 18.5 Å². The zero-order chi connectivity index (χ0) is 18.6. The molecule has 0 heterocycles. The second-order valence-corrected chi connectivity index (χ2v) is 7.06. The first kappa shape index (κ1) is 24.9. The van der Waals surface area contributed by atoms with Crippen molar-refractivity contribution in [1.29, 1.82) is 0 Å². The van der Waals surface area contributed by atoms with Crippen molar-refractivity contribution >= 4 is 26.9 Å². The zero-order valence-corrected chi connectivity index (χ0v) is 19.0. The third-order valence-electron chi connectivity index (χ3n) is 3.54. The van der Waals surface area contributed by atoms with Crippen molar-refractivity contribution in [2.24, 2.45) is 0 Å². The fourth-order valence-electron chi connectivity index (χ4n) is 2.04. The molecule has 0 aliphatic heterocycles. The maximum Gasteiger partial charge on any atom is 0.0799 e. The minimum atomic E-state index is 0.226. The van der Waals surface area contributed by atoms with E-state index < -0.39 is 0 Å². The summed E-state index contributed by atoms with van der Waals surface area (Å²) in [7, 11) is 5.46. The number of hydrogen-bond acceptors (Lipinski definition) is 2. The van der Waals surface area contributed by atoms with Crippen LogP contribution in [0.15, 0.2) is 60.8 Å². The first-order chi connectivity index (χ1) is 12.3. The fraction of sp³-hybridized carbons (Fsp3) is 0.500. The van der Waals surface area contributed by atoms with Gasteiger partial charge in [0.05, 0.1) is 12.2 Å². The van der Waals surface area contributed by atoms with Crippen LogP contribution in [0.2, 0.25) is 0 Å². The molecule has 0 aromatic rings. The van der Waals surface area contributed by atoms with E-state index in [1.807, 2.05) is 0 Å². The molecule has 0 aliphatic rings. The van der Waals surface area contributed by atoms with Crippen LogP contribution in [-0.2, 0) is 9.05 Å². The van der Waals surface area contributed by atoms with Gasteiger partial charge in [-0.25, -0.2) is 0 Å². The molecule has 0 radical (unpaired) electrons. The van der Waals surface area contributed by atoms with Gasteiger partial charge in [0.15, 0.2) is 0 Å². The van der Waals surface area contributed by atoms with Crippen LogP contribution < -0.4 is 0 Å². The predicted molar refractivity (Wildman–Crippen MR) is 122 cm³/mol. The van der Waals surface area contributed by atoms with Crippen molar-refractivity contribution < 1.29 is 9.05 Å². The second-order valence-electron chi connectivity index (χ2n) is 5.61. The van der Waals surface area contributed by atoms with Crippen molar-refractivity contribution in [2.75, 3.05) is 0 Å². The fourth-order valence-corrected chi connectivity index (χ4v) is 3.23. The normalized spacial score (nSPS) is 16.0.